The lowest BCUT2D eigenvalue weighted by atomic mass is 10.2. The van der Waals surface area contributed by atoms with Crippen LogP contribution in [-0.2, 0) is 13.6 Å². The van der Waals surface area contributed by atoms with E-state index in [1.165, 1.54) is 4.57 Å². The van der Waals surface area contributed by atoms with Gasteiger partial charge in [0.25, 0.3) is 5.56 Å². The Morgan fingerprint density at radius 2 is 2.00 bits per heavy atom. The first-order valence-corrected chi connectivity index (χ1v) is 9.23. The number of hydrogen-bond donors (Lipinski definition) is 1. The summed E-state index contributed by atoms with van der Waals surface area (Å²) in [6.45, 7) is 5.16. The molecular formula is C19H24F2N6O. The fraction of sp³-hybridized carbons (Fsp3) is 0.421. The van der Waals surface area contributed by atoms with Gasteiger partial charge in [-0.05, 0) is 25.1 Å². The van der Waals surface area contributed by atoms with E-state index in [2.05, 4.69) is 15.3 Å². The summed E-state index contributed by atoms with van der Waals surface area (Å²) in [7, 11) is 1.70. The van der Waals surface area contributed by atoms with Gasteiger partial charge in [0.1, 0.15) is 11.6 Å². The summed E-state index contributed by atoms with van der Waals surface area (Å²) in [6.07, 6.45) is 3.24. The Morgan fingerprint density at radius 3 is 2.71 bits per heavy atom. The van der Waals surface area contributed by atoms with E-state index in [1.807, 2.05) is 16.7 Å². The smallest absolute Gasteiger partial charge is 0.293 e. The molecule has 150 valence electrons. The van der Waals surface area contributed by atoms with Crippen LogP contribution in [0, 0.1) is 11.6 Å². The summed E-state index contributed by atoms with van der Waals surface area (Å²) in [5.41, 5.74) is 0.0872. The molecule has 7 nitrogen and oxygen atoms in total. The van der Waals surface area contributed by atoms with Gasteiger partial charge >= 0.3 is 0 Å². The molecule has 28 heavy (non-hydrogen) atoms. The van der Waals surface area contributed by atoms with Gasteiger partial charge in [-0.2, -0.15) is 0 Å². The predicted octanol–water partition coefficient (Wildman–Crippen LogP) is 1.35. The second kappa shape index (κ2) is 8.81. The zero-order valence-corrected chi connectivity index (χ0v) is 16.0. The SMILES string of the molecule is CCNC(=NCc1cc(F)ccc1F)N1CCN(c2nccn(C)c2=O)CC1. The molecule has 1 saturated heterocycles. The largest absolute Gasteiger partial charge is 0.357 e. The first-order valence-electron chi connectivity index (χ1n) is 9.23. The zero-order chi connectivity index (χ0) is 20.1. The number of rotatable bonds is 4. The lowest BCUT2D eigenvalue weighted by Crippen LogP contribution is -2.53. The predicted molar refractivity (Wildman–Crippen MR) is 104 cm³/mol. The van der Waals surface area contributed by atoms with Gasteiger partial charge in [0.2, 0.25) is 0 Å². The van der Waals surface area contributed by atoms with Gasteiger partial charge in [-0.25, -0.2) is 18.8 Å². The van der Waals surface area contributed by atoms with E-state index >= 15 is 0 Å². The lowest BCUT2D eigenvalue weighted by Gasteiger charge is -2.36. The molecule has 1 N–H and O–H groups in total. The van der Waals surface area contributed by atoms with Crippen molar-refractivity contribution in [1.29, 1.82) is 0 Å². The van der Waals surface area contributed by atoms with Crippen LogP contribution in [0.25, 0.3) is 0 Å². The molecule has 2 heterocycles. The van der Waals surface area contributed by atoms with E-state index in [1.54, 1.807) is 19.4 Å². The van der Waals surface area contributed by atoms with Crippen LogP contribution in [0.3, 0.4) is 0 Å². The molecule has 2 aromatic rings. The summed E-state index contributed by atoms with van der Waals surface area (Å²) in [5, 5.41) is 3.19. The summed E-state index contributed by atoms with van der Waals surface area (Å²) in [5.74, 6) is 0.118. The van der Waals surface area contributed by atoms with Crippen LogP contribution in [0.2, 0.25) is 0 Å². The van der Waals surface area contributed by atoms with Crippen molar-refractivity contribution in [2.75, 3.05) is 37.6 Å². The van der Waals surface area contributed by atoms with Crippen molar-refractivity contribution in [3.63, 3.8) is 0 Å². The van der Waals surface area contributed by atoms with E-state index in [0.29, 0.717) is 44.5 Å². The molecule has 1 aliphatic heterocycles. The van der Waals surface area contributed by atoms with Crippen LogP contribution in [0.4, 0.5) is 14.6 Å². The highest BCUT2D eigenvalue weighted by molar-refractivity contribution is 5.80. The summed E-state index contributed by atoms with van der Waals surface area (Å²) in [4.78, 5) is 24.9. The monoisotopic (exact) mass is 390 g/mol. The minimum atomic E-state index is -0.484. The Labute approximate surface area is 162 Å². The van der Waals surface area contributed by atoms with Crippen LogP contribution in [-0.4, -0.2) is 53.1 Å². The van der Waals surface area contributed by atoms with Crippen LogP contribution >= 0.6 is 0 Å². The third-order valence-electron chi connectivity index (χ3n) is 4.62. The molecule has 1 aromatic carbocycles. The third-order valence-corrected chi connectivity index (χ3v) is 4.62. The number of nitrogens with one attached hydrogen (secondary N) is 1. The van der Waals surface area contributed by atoms with Gasteiger partial charge in [-0.3, -0.25) is 4.79 Å². The number of benzene rings is 1. The number of nitrogens with zero attached hydrogens (tertiary/aromatic N) is 5. The zero-order valence-electron chi connectivity index (χ0n) is 16.0. The number of aliphatic imine (C=N–C) groups is 1. The summed E-state index contributed by atoms with van der Waals surface area (Å²) >= 11 is 0. The van der Waals surface area contributed by atoms with E-state index in [9.17, 15) is 13.6 Å². The maximum atomic E-state index is 13.8. The van der Waals surface area contributed by atoms with Crippen LogP contribution < -0.4 is 15.8 Å². The third kappa shape index (κ3) is 4.47. The molecule has 0 radical (unpaired) electrons. The first-order chi connectivity index (χ1) is 13.5. The Kier molecular flexibility index (Phi) is 6.23. The van der Waals surface area contributed by atoms with Gasteiger partial charge in [-0.15, -0.1) is 0 Å². The maximum absolute atomic E-state index is 13.8. The van der Waals surface area contributed by atoms with Crippen molar-refractivity contribution in [2.24, 2.45) is 12.0 Å². The number of hydrogen-bond acceptors (Lipinski definition) is 4. The molecular weight excluding hydrogens is 366 g/mol. The second-order valence-electron chi connectivity index (χ2n) is 6.55. The molecule has 0 spiro atoms. The molecule has 9 heteroatoms. The van der Waals surface area contributed by atoms with Gasteiger partial charge in [0.15, 0.2) is 11.8 Å². The van der Waals surface area contributed by atoms with E-state index in [4.69, 9.17) is 0 Å². The van der Waals surface area contributed by atoms with Crippen LogP contribution in [0.5, 0.6) is 0 Å². The molecule has 0 atom stereocenters. The van der Waals surface area contributed by atoms with Crippen molar-refractivity contribution in [2.45, 2.75) is 13.5 Å². The number of anilines is 1. The fourth-order valence-corrected chi connectivity index (χ4v) is 3.08. The highest BCUT2D eigenvalue weighted by atomic mass is 19.1. The van der Waals surface area contributed by atoms with E-state index in [0.717, 1.165) is 18.2 Å². The molecule has 0 saturated carbocycles. The normalized spacial score (nSPS) is 15.1. The molecule has 0 unspecified atom stereocenters. The number of halogens is 2. The van der Waals surface area contributed by atoms with Gasteiger partial charge in [0.05, 0.1) is 6.54 Å². The highest BCUT2D eigenvalue weighted by Crippen LogP contribution is 2.12. The van der Waals surface area contributed by atoms with Crippen molar-refractivity contribution >= 4 is 11.8 Å². The van der Waals surface area contributed by atoms with Gasteiger partial charge in [-0.1, -0.05) is 0 Å². The first kappa shape index (κ1) is 19.8. The molecule has 0 aliphatic carbocycles. The minimum Gasteiger partial charge on any atom is -0.357 e. The number of aromatic nitrogens is 2. The van der Waals surface area contributed by atoms with Gasteiger partial charge in [0, 0.05) is 57.7 Å². The van der Waals surface area contributed by atoms with Crippen LogP contribution in [0.15, 0.2) is 40.4 Å². The Morgan fingerprint density at radius 1 is 1.25 bits per heavy atom. The van der Waals surface area contributed by atoms with Crippen LogP contribution in [0.1, 0.15) is 12.5 Å². The maximum Gasteiger partial charge on any atom is 0.293 e. The lowest BCUT2D eigenvalue weighted by molar-refractivity contribution is 0.370. The quantitative estimate of drug-likeness (QED) is 0.631. The van der Waals surface area contributed by atoms with Crippen molar-refractivity contribution in [3.05, 3.63) is 58.1 Å². The molecule has 3 rings (SSSR count). The number of guanidine groups is 1. The standard InChI is InChI=1S/C19H24F2N6O/c1-3-22-19(24-13-14-12-15(20)4-5-16(14)21)27-10-8-26(9-11-27)17-18(28)25(2)7-6-23-17/h4-7,12H,3,8-11,13H2,1-2H3,(H,22,24). The van der Waals surface area contributed by atoms with Crippen molar-refractivity contribution in [1.82, 2.24) is 19.8 Å². The van der Waals surface area contributed by atoms with E-state index < -0.39 is 11.6 Å². The molecule has 1 aromatic heterocycles. The molecule has 0 bridgehead atoms. The topological polar surface area (TPSA) is 65.8 Å². The average Bonchev–Trinajstić information content (AvgIpc) is 2.70. The average molecular weight is 390 g/mol. The second-order valence-corrected chi connectivity index (χ2v) is 6.55. The van der Waals surface area contributed by atoms with E-state index in [-0.39, 0.29) is 17.7 Å². The minimum absolute atomic E-state index is 0.0485. The highest BCUT2D eigenvalue weighted by Gasteiger charge is 2.22. The fourth-order valence-electron chi connectivity index (χ4n) is 3.08. The van der Waals surface area contributed by atoms with Crippen molar-refractivity contribution < 1.29 is 8.78 Å². The van der Waals surface area contributed by atoms with Crippen molar-refractivity contribution in [3.8, 4) is 0 Å². The van der Waals surface area contributed by atoms with Gasteiger partial charge < -0.3 is 19.7 Å². The Bertz CT molecular complexity index is 906. The Hall–Kier alpha value is -2.97. The molecule has 0 amide bonds. The Balaban J connectivity index is 1.69. The number of piperazine rings is 1. The molecule has 1 fully saturated rings. The molecule has 1 aliphatic rings. The number of aryl methyl sites for hydroxylation is 1. The summed E-state index contributed by atoms with van der Waals surface area (Å²) in [6, 6.07) is 3.37. The summed E-state index contributed by atoms with van der Waals surface area (Å²) < 4.78 is 28.7.